The minimum atomic E-state index is -4.63. The highest BCUT2D eigenvalue weighted by Crippen LogP contribution is 2.38. The summed E-state index contributed by atoms with van der Waals surface area (Å²) >= 11 is -0.591. The van der Waals surface area contributed by atoms with E-state index in [2.05, 4.69) is 10.5 Å². The van der Waals surface area contributed by atoms with Crippen molar-refractivity contribution in [3.8, 4) is 0 Å². The van der Waals surface area contributed by atoms with E-state index in [-0.39, 0.29) is 11.6 Å². The summed E-state index contributed by atoms with van der Waals surface area (Å²) in [6.45, 7) is 2.49. The van der Waals surface area contributed by atoms with Crippen molar-refractivity contribution in [2.24, 2.45) is 0 Å². The third-order valence-corrected chi connectivity index (χ3v) is 5.22. The molecule has 3 rings (SSSR count). The molecule has 6 nitrogen and oxygen atoms in total. The second kappa shape index (κ2) is 8.44. The van der Waals surface area contributed by atoms with Crippen LogP contribution in [0.15, 0.2) is 33.7 Å². The van der Waals surface area contributed by atoms with Gasteiger partial charge < -0.3 is 14.7 Å². The summed E-state index contributed by atoms with van der Waals surface area (Å²) in [5.41, 5.74) is -3.96. The molecule has 0 spiro atoms. The largest absolute Gasteiger partial charge is 0.446 e. The maximum Gasteiger partial charge on any atom is 0.446 e. The van der Waals surface area contributed by atoms with Gasteiger partial charge in [-0.3, -0.25) is 9.59 Å². The molecule has 2 aromatic rings. The monoisotopic (exact) mass is 431 g/mol. The summed E-state index contributed by atoms with van der Waals surface area (Å²) in [5.74, 6) is -2.05. The molecule has 0 aliphatic carbocycles. The summed E-state index contributed by atoms with van der Waals surface area (Å²) in [6.07, 6.45) is 1.21. The molecule has 1 saturated heterocycles. The van der Waals surface area contributed by atoms with Crippen LogP contribution in [0.5, 0.6) is 0 Å². The van der Waals surface area contributed by atoms with Crippen LogP contribution in [0.2, 0.25) is 0 Å². The Bertz CT molecular complexity index is 908. The van der Waals surface area contributed by atoms with Crippen molar-refractivity contribution >= 4 is 29.3 Å². The van der Waals surface area contributed by atoms with Gasteiger partial charge in [-0.1, -0.05) is 5.16 Å². The minimum absolute atomic E-state index is 0.0978. The number of nitrogens with one attached hydrogen (secondary N) is 1. The average Bonchev–Trinajstić information content (AvgIpc) is 3.09. The van der Waals surface area contributed by atoms with Crippen molar-refractivity contribution in [1.29, 1.82) is 0 Å². The minimum Gasteiger partial charge on any atom is -0.361 e. The van der Waals surface area contributed by atoms with Crippen LogP contribution >= 0.6 is 11.8 Å². The number of rotatable bonds is 3. The number of likely N-dealkylation sites (tertiary alicyclic amines) is 1. The second-order valence-corrected chi connectivity index (χ2v) is 7.69. The topological polar surface area (TPSA) is 75.4 Å². The lowest BCUT2D eigenvalue weighted by Crippen LogP contribution is -2.43. The SMILES string of the molecule is Cc1cc(C2CCN(C(=O)C(=O)Nc3ccc(SC(F)(F)F)c(F)c3)CC2)on1. The van der Waals surface area contributed by atoms with Crippen LogP contribution < -0.4 is 5.32 Å². The number of carbonyl (C=O) groups is 2. The number of thioether (sulfide) groups is 1. The highest BCUT2D eigenvalue weighted by Gasteiger charge is 2.31. The van der Waals surface area contributed by atoms with Crippen LogP contribution in [0, 0.1) is 12.7 Å². The molecule has 0 unspecified atom stereocenters. The van der Waals surface area contributed by atoms with Gasteiger partial charge in [-0.2, -0.15) is 13.2 Å². The number of anilines is 1. The first-order valence-corrected chi connectivity index (χ1v) is 9.53. The van der Waals surface area contributed by atoms with Crippen molar-refractivity contribution in [2.45, 2.75) is 36.1 Å². The van der Waals surface area contributed by atoms with Crippen LogP contribution in [0.4, 0.5) is 23.2 Å². The summed E-state index contributed by atoms with van der Waals surface area (Å²) in [6, 6.07) is 4.60. The van der Waals surface area contributed by atoms with E-state index in [1.165, 1.54) is 4.90 Å². The van der Waals surface area contributed by atoms with Gasteiger partial charge in [-0.15, -0.1) is 0 Å². The summed E-state index contributed by atoms with van der Waals surface area (Å²) in [5, 5.41) is 6.07. The van der Waals surface area contributed by atoms with Gasteiger partial charge in [0.2, 0.25) is 0 Å². The molecule has 29 heavy (non-hydrogen) atoms. The zero-order valence-corrected chi connectivity index (χ0v) is 16.1. The quantitative estimate of drug-likeness (QED) is 0.450. The Balaban J connectivity index is 1.56. The Kier molecular flexibility index (Phi) is 6.15. The number of alkyl halides is 3. The van der Waals surface area contributed by atoms with Gasteiger partial charge in [0.05, 0.1) is 10.6 Å². The van der Waals surface area contributed by atoms with Crippen molar-refractivity contribution in [3.63, 3.8) is 0 Å². The molecule has 1 aromatic heterocycles. The molecule has 1 N–H and O–H groups in total. The van der Waals surface area contributed by atoms with Crippen molar-refractivity contribution in [2.75, 3.05) is 18.4 Å². The zero-order valence-electron chi connectivity index (χ0n) is 15.3. The zero-order chi connectivity index (χ0) is 21.2. The molecule has 0 saturated carbocycles. The standard InChI is InChI=1S/C18H17F4N3O3S/c1-10-8-14(28-24-10)11-4-6-25(7-5-11)17(27)16(26)23-12-2-3-15(13(19)9-12)29-18(20,21)22/h2-3,8-9,11H,4-7H2,1H3,(H,23,26). The number of benzene rings is 1. The Hall–Kier alpha value is -2.56. The number of hydrogen-bond donors (Lipinski definition) is 1. The van der Waals surface area contributed by atoms with E-state index in [4.69, 9.17) is 4.52 Å². The lowest BCUT2D eigenvalue weighted by molar-refractivity contribution is -0.143. The van der Waals surface area contributed by atoms with Crippen molar-refractivity contribution < 1.29 is 31.7 Å². The molecule has 1 aliphatic heterocycles. The molecule has 11 heteroatoms. The molecule has 1 aromatic carbocycles. The van der Waals surface area contributed by atoms with E-state index < -0.39 is 39.8 Å². The molecule has 1 fully saturated rings. The molecule has 2 heterocycles. The molecule has 0 atom stereocenters. The number of nitrogens with zero attached hydrogens (tertiary/aromatic N) is 2. The molecule has 156 valence electrons. The molecule has 0 bridgehead atoms. The van der Waals surface area contributed by atoms with Crippen molar-refractivity contribution in [3.05, 3.63) is 41.5 Å². The predicted molar refractivity (Wildman–Crippen MR) is 96.7 cm³/mol. The fourth-order valence-electron chi connectivity index (χ4n) is 3.06. The highest BCUT2D eigenvalue weighted by molar-refractivity contribution is 8.00. The average molecular weight is 431 g/mol. The highest BCUT2D eigenvalue weighted by atomic mass is 32.2. The third kappa shape index (κ3) is 5.49. The third-order valence-electron chi connectivity index (χ3n) is 4.44. The first-order valence-electron chi connectivity index (χ1n) is 8.71. The first kappa shape index (κ1) is 21.2. The van der Waals surface area contributed by atoms with E-state index in [1.54, 1.807) is 0 Å². The van der Waals surface area contributed by atoms with Gasteiger partial charge in [-0.05, 0) is 49.7 Å². The van der Waals surface area contributed by atoms with E-state index in [1.807, 2.05) is 13.0 Å². The molecular formula is C18H17F4N3O3S. The maximum atomic E-state index is 13.8. The number of aryl methyl sites for hydroxylation is 1. The number of halogens is 4. The number of amides is 2. The van der Waals surface area contributed by atoms with Crippen LogP contribution in [0.1, 0.15) is 30.2 Å². The fraction of sp³-hybridized carbons (Fsp3) is 0.389. The van der Waals surface area contributed by atoms with Gasteiger partial charge in [0.1, 0.15) is 11.6 Å². The lowest BCUT2D eigenvalue weighted by Gasteiger charge is -2.30. The fourth-order valence-corrected chi connectivity index (χ4v) is 3.60. The summed E-state index contributed by atoms with van der Waals surface area (Å²) in [7, 11) is 0. The number of aromatic nitrogens is 1. The van der Waals surface area contributed by atoms with Gasteiger partial charge in [0.15, 0.2) is 0 Å². The van der Waals surface area contributed by atoms with E-state index in [9.17, 15) is 27.2 Å². The molecular weight excluding hydrogens is 414 g/mol. The first-order chi connectivity index (χ1) is 13.6. The Labute approximate surface area is 167 Å². The summed E-state index contributed by atoms with van der Waals surface area (Å²) < 4.78 is 56.1. The van der Waals surface area contributed by atoms with Crippen LogP contribution in [0.3, 0.4) is 0 Å². The lowest BCUT2D eigenvalue weighted by atomic mass is 9.94. The van der Waals surface area contributed by atoms with Crippen molar-refractivity contribution in [1.82, 2.24) is 10.1 Å². The number of carbonyl (C=O) groups excluding carboxylic acids is 2. The molecule has 2 amide bonds. The maximum absolute atomic E-state index is 13.8. The van der Waals surface area contributed by atoms with Gasteiger partial charge in [-0.25, -0.2) is 4.39 Å². The molecule has 1 aliphatic rings. The Morgan fingerprint density at radius 2 is 1.93 bits per heavy atom. The molecule has 0 radical (unpaired) electrons. The second-order valence-electron chi connectivity index (χ2n) is 6.58. The summed E-state index contributed by atoms with van der Waals surface area (Å²) in [4.78, 5) is 25.2. The van der Waals surface area contributed by atoms with Gasteiger partial charge in [0, 0.05) is 30.8 Å². The normalized spacial score (nSPS) is 15.4. The van der Waals surface area contributed by atoms with Crippen LogP contribution in [-0.4, -0.2) is 40.5 Å². The van der Waals surface area contributed by atoms with Gasteiger partial charge in [0.25, 0.3) is 0 Å². The van der Waals surface area contributed by atoms with E-state index in [0.29, 0.717) is 25.9 Å². The van der Waals surface area contributed by atoms with Gasteiger partial charge >= 0.3 is 17.3 Å². The smallest absolute Gasteiger partial charge is 0.361 e. The van der Waals surface area contributed by atoms with E-state index >= 15 is 0 Å². The van der Waals surface area contributed by atoms with E-state index in [0.717, 1.165) is 29.7 Å². The Morgan fingerprint density at radius 1 is 1.24 bits per heavy atom. The Morgan fingerprint density at radius 3 is 2.48 bits per heavy atom. The van der Waals surface area contributed by atoms with Crippen LogP contribution in [-0.2, 0) is 9.59 Å². The number of hydrogen-bond acceptors (Lipinski definition) is 5. The van der Waals surface area contributed by atoms with Crippen LogP contribution in [0.25, 0.3) is 0 Å². The number of piperidine rings is 1. The predicted octanol–water partition coefficient (Wildman–Crippen LogP) is 4.08.